The number of ether oxygens (including phenoxy) is 1. The molecule has 2 N–H and O–H groups in total. The summed E-state index contributed by atoms with van der Waals surface area (Å²) in [5, 5.41) is 6.54. The molecule has 29 heavy (non-hydrogen) atoms. The van der Waals surface area contributed by atoms with Crippen LogP contribution in [0.1, 0.15) is 31.7 Å². The molecule has 0 spiro atoms. The summed E-state index contributed by atoms with van der Waals surface area (Å²) < 4.78 is 5.72. The van der Waals surface area contributed by atoms with Gasteiger partial charge in [0.15, 0.2) is 5.96 Å². The lowest BCUT2D eigenvalue weighted by atomic mass is 10.1. The number of rotatable bonds is 9. The molecule has 7 heteroatoms. The normalized spacial score (nSPS) is 17.9. The van der Waals surface area contributed by atoms with E-state index in [2.05, 4.69) is 44.5 Å². The molecule has 3 rings (SSSR count). The van der Waals surface area contributed by atoms with Crippen LogP contribution >= 0.6 is 0 Å². The maximum atomic E-state index is 12.0. The second-order valence-electron chi connectivity index (χ2n) is 7.82. The van der Waals surface area contributed by atoms with E-state index in [9.17, 15) is 4.79 Å². The molecule has 0 atom stereocenters. The standard InChI is InChI=1S/C22H35N5O2/c1-3-15-29-20-6-4-5-18(16-20)9-10-24-22(23-2)27-13-11-26(12-14-27)17-21(28)25-19-7-8-19/h4-6,16,19H,3,7-15,17H2,1-2H3,(H,23,24)(H,25,28). The smallest absolute Gasteiger partial charge is 0.234 e. The Bertz CT molecular complexity index is 682. The van der Waals surface area contributed by atoms with Gasteiger partial charge < -0.3 is 20.3 Å². The molecular weight excluding hydrogens is 366 g/mol. The summed E-state index contributed by atoms with van der Waals surface area (Å²) in [6, 6.07) is 8.75. The van der Waals surface area contributed by atoms with Crippen molar-refractivity contribution in [1.82, 2.24) is 20.4 Å². The van der Waals surface area contributed by atoms with E-state index in [4.69, 9.17) is 4.74 Å². The summed E-state index contributed by atoms with van der Waals surface area (Å²) >= 11 is 0. The first-order chi connectivity index (χ1) is 14.2. The van der Waals surface area contributed by atoms with Crippen molar-refractivity contribution in [3.05, 3.63) is 29.8 Å². The van der Waals surface area contributed by atoms with Crippen LogP contribution in [-0.4, -0.2) is 80.6 Å². The van der Waals surface area contributed by atoms with E-state index >= 15 is 0 Å². The number of carbonyl (C=O) groups excluding carboxylic acids is 1. The molecule has 1 amide bonds. The van der Waals surface area contributed by atoms with Gasteiger partial charge in [0.1, 0.15) is 5.75 Å². The van der Waals surface area contributed by atoms with Crippen LogP contribution in [-0.2, 0) is 11.2 Å². The average molecular weight is 402 g/mol. The van der Waals surface area contributed by atoms with Gasteiger partial charge in [0.05, 0.1) is 13.2 Å². The van der Waals surface area contributed by atoms with Gasteiger partial charge in [-0.25, -0.2) is 0 Å². The van der Waals surface area contributed by atoms with Crippen LogP contribution in [0.25, 0.3) is 0 Å². The van der Waals surface area contributed by atoms with E-state index in [1.807, 2.05) is 19.2 Å². The first-order valence-corrected chi connectivity index (χ1v) is 10.9. The maximum Gasteiger partial charge on any atom is 0.234 e. The highest BCUT2D eigenvalue weighted by atomic mass is 16.5. The van der Waals surface area contributed by atoms with E-state index in [0.29, 0.717) is 12.6 Å². The van der Waals surface area contributed by atoms with Crippen LogP contribution in [0, 0.1) is 0 Å². The highest BCUT2D eigenvalue weighted by molar-refractivity contribution is 5.80. The highest BCUT2D eigenvalue weighted by Gasteiger charge is 2.25. The minimum absolute atomic E-state index is 0.161. The molecule has 1 saturated carbocycles. The molecule has 1 aliphatic heterocycles. The molecule has 2 aliphatic rings. The molecule has 1 saturated heterocycles. The fraction of sp³-hybridized carbons (Fsp3) is 0.636. The minimum Gasteiger partial charge on any atom is -0.494 e. The monoisotopic (exact) mass is 401 g/mol. The zero-order valence-electron chi connectivity index (χ0n) is 17.8. The van der Waals surface area contributed by atoms with Crippen LogP contribution in [0.5, 0.6) is 5.75 Å². The number of piperazine rings is 1. The average Bonchev–Trinajstić information content (AvgIpc) is 3.54. The zero-order chi connectivity index (χ0) is 20.5. The predicted molar refractivity (Wildman–Crippen MR) is 116 cm³/mol. The zero-order valence-corrected chi connectivity index (χ0v) is 17.8. The van der Waals surface area contributed by atoms with Crippen LogP contribution in [0.15, 0.2) is 29.3 Å². The highest BCUT2D eigenvalue weighted by Crippen LogP contribution is 2.18. The summed E-state index contributed by atoms with van der Waals surface area (Å²) in [5.74, 6) is 2.04. The Morgan fingerprint density at radius 1 is 1.24 bits per heavy atom. The van der Waals surface area contributed by atoms with Gasteiger partial charge in [0.2, 0.25) is 5.91 Å². The third kappa shape index (κ3) is 7.24. The van der Waals surface area contributed by atoms with Crippen molar-refractivity contribution >= 4 is 11.9 Å². The second-order valence-corrected chi connectivity index (χ2v) is 7.82. The Kier molecular flexibility index (Phi) is 8.16. The molecule has 0 bridgehead atoms. The first kappa shape index (κ1) is 21.4. The van der Waals surface area contributed by atoms with Gasteiger partial charge in [-0.15, -0.1) is 0 Å². The van der Waals surface area contributed by atoms with Gasteiger partial charge in [-0.05, 0) is 43.4 Å². The van der Waals surface area contributed by atoms with E-state index in [1.54, 1.807) is 0 Å². The number of carbonyl (C=O) groups is 1. The molecule has 160 valence electrons. The molecule has 1 aliphatic carbocycles. The molecule has 2 fully saturated rings. The van der Waals surface area contributed by atoms with Crippen molar-refractivity contribution in [3.63, 3.8) is 0 Å². The third-order valence-electron chi connectivity index (χ3n) is 5.26. The Hall–Kier alpha value is -2.28. The number of nitrogens with one attached hydrogen (secondary N) is 2. The summed E-state index contributed by atoms with van der Waals surface area (Å²) in [4.78, 5) is 20.9. The molecule has 0 unspecified atom stereocenters. The van der Waals surface area contributed by atoms with Crippen molar-refractivity contribution in [1.29, 1.82) is 0 Å². The first-order valence-electron chi connectivity index (χ1n) is 10.9. The van der Waals surface area contributed by atoms with E-state index in [-0.39, 0.29) is 5.91 Å². The summed E-state index contributed by atoms with van der Waals surface area (Å²) in [6.07, 6.45) is 4.21. The minimum atomic E-state index is 0.161. The number of guanidine groups is 1. The van der Waals surface area contributed by atoms with Gasteiger partial charge in [-0.2, -0.15) is 0 Å². The number of amides is 1. The van der Waals surface area contributed by atoms with Crippen LogP contribution in [0.2, 0.25) is 0 Å². The molecule has 1 heterocycles. The topological polar surface area (TPSA) is 69.2 Å². The molecule has 7 nitrogen and oxygen atoms in total. The van der Waals surface area contributed by atoms with Gasteiger partial charge >= 0.3 is 0 Å². The van der Waals surface area contributed by atoms with Crippen molar-refractivity contribution in [2.75, 3.05) is 52.9 Å². The lowest BCUT2D eigenvalue weighted by molar-refractivity contribution is -0.122. The Morgan fingerprint density at radius 2 is 2.03 bits per heavy atom. The van der Waals surface area contributed by atoms with Crippen molar-refractivity contribution < 1.29 is 9.53 Å². The van der Waals surface area contributed by atoms with Gasteiger partial charge in [0.25, 0.3) is 0 Å². The maximum absolute atomic E-state index is 12.0. The van der Waals surface area contributed by atoms with Gasteiger partial charge in [0, 0.05) is 45.8 Å². The largest absolute Gasteiger partial charge is 0.494 e. The third-order valence-corrected chi connectivity index (χ3v) is 5.26. The Morgan fingerprint density at radius 3 is 2.72 bits per heavy atom. The summed E-state index contributed by atoms with van der Waals surface area (Å²) in [7, 11) is 1.83. The van der Waals surface area contributed by atoms with E-state index in [0.717, 1.165) is 76.7 Å². The Labute approximate surface area is 174 Å². The van der Waals surface area contributed by atoms with Crippen LogP contribution < -0.4 is 15.4 Å². The van der Waals surface area contributed by atoms with Gasteiger partial charge in [-0.1, -0.05) is 19.1 Å². The van der Waals surface area contributed by atoms with E-state index < -0.39 is 0 Å². The number of aliphatic imine (C=N–C) groups is 1. The van der Waals surface area contributed by atoms with Crippen LogP contribution in [0.3, 0.4) is 0 Å². The fourth-order valence-corrected chi connectivity index (χ4v) is 3.48. The second kappa shape index (κ2) is 11.0. The molecule has 1 aromatic rings. The quantitative estimate of drug-likeness (QED) is 0.485. The molecular formula is C22H35N5O2. The van der Waals surface area contributed by atoms with Crippen molar-refractivity contribution in [2.24, 2.45) is 4.99 Å². The van der Waals surface area contributed by atoms with Crippen molar-refractivity contribution in [2.45, 2.75) is 38.6 Å². The van der Waals surface area contributed by atoms with E-state index in [1.165, 1.54) is 5.56 Å². The number of hydrogen-bond acceptors (Lipinski definition) is 4. The number of hydrogen-bond donors (Lipinski definition) is 2. The SMILES string of the molecule is CCCOc1cccc(CCNC(=NC)N2CCN(CC(=O)NC3CC3)CC2)c1. The Balaban J connectivity index is 1.37. The van der Waals surface area contributed by atoms with Crippen molar-refractivity contribution in [3.8, 4) is 5.75 Å². The van der Waals surface area contributed by atoms with Crippen LogP contribution in [0.4, 0.5) is 0 Å². The number of benzene rings is 1. The molecule has 0 aromatic heterocycles. The summed E-state index contributed by atoms with van der Waals surface area (Å²) in [5.41, 5.74) is 1.26. The van der Waals surface area contributed by atoms with Gasteiger partial charge in [-0.3, -0.25) is 14.7 Å². The lowest BCUT2D eigenvalue weighted by Crippen LogP contribution is -2.54. The predicted octanol–water partition coefficient (Wildman–Crippen LogP) is 1.49. The molecule has 1 aromatic carbocycles. The lowest BCUT2D eigenvalue weighted by Gasteiger charge is -2.36. The summed E-state index contributed by atoms with van der Waals surface area (Å²) in [6.45, 7) is 7.74. The molecule has 0 radical (unpaired) electrons. The fourth-order valence-electron chi connectivity index (χ4n) is 3.48. The number of nitrogens with zero attached hydrogens (tertiary/aromatic N) is 3.